The van der Waals surface area contributed by atoms with E-state index in [1.807, 2.05) is 6.92 Å². The van der Waals surface area contributed by atoms with Gasteiger partial charge < -0.3 is 15.4 Å². The fourth-order valence-electron chi connectivity index (χ4n) is 3.51. The van der Waals surface area contributed by atoms with E-state index in [0.717, 1.165) is 12.8 Å². The zero-order chi connectivity index (χ0) is 22.5. The molecule has 10 nitrogen and oxygen atoms in total. The lowest BCUT2D eigenvalue weighted by atomic mass is 10.0. The summed E-state index contributed by atoms with van der Waals surface area (Å²) in [5.41, 5.74) is 0.300. The molecule has 12 heteroatoms. The van der Waals surface area contributed by atoms with E-state index in [1.165, 1.54) is 0 Å². The molecule has 0 bridgehead atoms. The maximum absolute atomic E-state index is 11.5. The fraction of sp³-hybridized carbons (Fsp3) is 0.300. The summed E-state index contributed by atoms with van der Waals surface area (Å²) < 4.78 is 0. The van der Waals surface area contributed by atoms with Crippen LogP contribution in [0, 0.1) is 0 Å². The van der Waals surface area contributed by atoms with Crippen molar-refractivity contribution in [1.29, 1.82) is 0 Å². The number of rotatable bonds is 4. The molecular weight excluding hydrogens is 455 g/mol. The molecule has 0 amide bonds. The molecule has 0 spiro atoms. The number of hydrogen-bond donors (Lipinski definition) is 5. The molecule has 2 aromatic rings. The molecule has 32 heavy (non-hydrogen) atoms. The lowest BCUT2D eigenvalue weighted by Crippen LogP contribution is -2.68. The van der Waals surface area contributed by atoms with E-state index in [9.17, 15) is 9.90 Å². The topological polar surface area (TPSA) is 133 Å². The average molecular weight is 475 g/mol. The monoisotopic (exact) mass is 474 g/mol. The van der Waals surface area contributed by atoms with Gasteiger partial charge in [-0.25, -0.2) is 19.8 Å². The van der Waals surface area contributed by atoms with E-state index < -0.39 is 11.4 Å². The third-order valence-electron chi connectivity index (χ3n) is 5.43. The van der Waals surface area contributed by atoms with Gasteiger partial charge in [-0.15, -0.1) is 0 Å². The first-order valence-electron chi connectivity index (χ1n) is 10.0. The number of guanidine groups is 2. The van der Waals surface area contributed by atoms with Crippen molar-refractivity contribution in [2.24, 2.45) is 15.1 Å². The molecule has 1 atom stereocenters. The molecule has 1 saturated carbocycles. The van der Waals surface area contributed by atoms with Crippen molar-refractivity contribution in [2.45, 2.75) is 38.0 Å². The van der Waals surface area contributed by atoms with Crippen molar-refractivity contribution in [3.8, 4) is 5.88 Å². The second kappa shape index (κ2) is 7.72. The first kappa shape index (κ1) is 20.7. The predicted octanol–water partition coefficient (Wildman–Crippen LogP) is 2.38. The highest BCUT2D eigenvalue weighted by atomic mass is 35.5. The van der Waals surface area contributed by atoms with Crippen LogP contribution in [0.3, 0.4) is 0 Å². The summed E-state index contributed by atoms with van der Waals surface area (Å²) in [6.45, 7) is 2.17. The number of halogens is 2. The van der Waals surface area contributed by atoms with E-state index in [4.69, 9.17) is 28.2 Å². The Bertz CT molecular complexity index is 1240. The number of hydrogen-bond acceptors (Lipinski definition) is 5. The third kappa shape index (κ3) is 3.76. The minimum atomic E-state index is -0.858. The summed E-state index contributed by atoms with van der Waals surface area (Å²) in [6, 6.07) is 5.56. The smallest absolute Gasteiger partial charge is 0.326 e. The summed E-state index contributed by atoms with van der Waals surface area (Å²) in [5.74, 6) is 0.785. The summed E-state index contributed by atoms with van der Waals surface area (Å²) in [5, 5.41) is 23.8. The quantitative estimate of drug-likeness (QED) is 0.463. The molecule has 5 N–H and O–H groups in total. The van der Waals surface area contributed by atoms with Gasteiger partial charge in [0.15, 0.2) is 5.66 Å². The number of H-pyrrole nitrogens is 2. The van der Waals surface area contributed by atoms with Crippen LogP contribution >= 0.6 is 23.2 Å². The number of aromatic amines is 2. The molecule has 2 aliphatic heterocycles. The van der Waals surface area contributed by atoms with Gasteiger partial charge in [0.05, 0.1) is 18.8 Å². The zero-order valence-electron chi connectivity index (χ0n) is 17.0. The van der Waals surface area contributed by atoms with Gasteiger partial charge in [0.25, 0.3) is 0 Å². The first-order chi connectivity index (χ1) is 15.3. The average Bonchev–Trinajstić information content (AvgIpc) is 3.40. The molecule has 3 aliphatic rings. The highest BCUT2D eigenvalue weighted by molar-refractivity contribution is 6.36. The van der Waals surface area contributed by atoms with Crippen molar-refractivity contribution in [3.63, 3.8) is 0 Å². The van der Waals surface area contributed by atoms with Crippen LogP contribution < -0.4 is 16.3 Å². The zero-order valence-corrected chi connectivity index (χ0v) is 18.5. The predicted molar refractivity (Wildman–Crippen MR) is 124 cm³/mol. The second-order valence-electron chi connectivity index (χ2n) is 7.87. The summed E-state index contributed by atoms with van der Waals surface area (Å²) in [7, 11) is 0. The van der Waals surface area contributed by atoms with Crippen LogP contribution in [0.25, 0.3) is 6.08 Å². The van der Waals surface area contributed by atoms with E-state index >= 15 is 0 Å². The first-order valence-corrected chi connectivity index (χ1v) is 10.8. The van der Waals surface area contributed by atoms with Crippen LogP contribution in [0.1, 0.15) is 31.0 Å². The van der Waals surface area contributed by atoms with E-state index in [0.29, 0.717) is 33.1 Å². The van der Waals surface area contributed by atoms with Gasteiger partial charge in [0, 0.05) is 21.2 Å². The van der Waals surface area contributed by atoms with Crippen LogP contribution in [0.2, 0.25) is 10.0 Å². The number of fused-ring (bicyclic) bond motifs is 1. The molecule has 0 radical (unpaired) electrons. The lowest BCUT2D eigenvalue weighted by Gasteiger charge is -2.42. The number of hydrazone groups is 1. The Morgan fingerprint density at radius 2 is 2.06 bits per heavy atom. The third-order valence-corrected chi connectivity index (χ3v) is 6.14. The highest BCUT2D eigenvalue weighted by Crippen LogP contribution is 2.33. The van der Waals surface area contributed by atoms with Crippen LogP contribution in [0.15, 0.2) is 43.7 Å². The standard InChI is InChI=1S/C20H20Cl2N8O2/c1-20-10(7-15-16(31)27-19(32)26-15)8-24-30(20)18(25-11-5-6-11)28-17(29-20)23-9-12-13(21)3-2-4-14(12)22/h2-4,7-8,11,31H,5-6,9H2,1H3,(H2,26,27,32)(H2,23,25,28,29)/b10-7+. The maximum Gasteiger partial charge on any atom is 0.326 e. The molecule has 1 aromatic carbocycles. The van der Waals surface area contributed by atoms with Gasteiger partial charge in [-0.1, -0.05) is 29.3 Å². The number of aromatic hydroxyl groups is 1. The number of aliphatic imine (C=N–C) groups is 2. The largest absolute Gasteiger partial charge is 0.493 e. The molecule has 1 aliphatic carbocycles. The molecule has 1 unspecified atom stereocenters. The molecule has 3 heterocycles. The van der Waals surface area contributed by atoms with E-state index in [-0.39, 0.29) is 24.2 Å². The van der Waals surface area contributed by atoms with Gasteiger partial charge in [0.2, 0.25) is 17.8 Å². The number of benzene rings is 1. The second-order valence-corrected chi connectivity index (χ2v) is 8.68. The number of nitrogens with one attached hydrogen (secondary N) is 4. The van der Waals surface area contributed by atoms with Gasteiger partial charge in [0.1, 0.15) is 5.69 Å². The van der Waals surface area contributed by atoms with Crippen LogP contribution in [-0.2, 0) is 6.54 Å². The van der Waals surface area contributed by atoms with E-state index in [1.54, 1.807) is 35.5 Å². The summed E-state index contributed by atoms with van der Waals surface area (Å²) in [4.78, 5) is 25.8. The van der Waals surface area contributed by atoms with Gasteiger partial charge in [-0.2, -0.15) is 5.10 Å². The van der Waals surface area contributed by atoms with Gasteiger partial charge >= 0.3 is 5.69 Å². The number of imidazole rings is 1. The van der Waals surface area contributed by atoms with Crippen LogP contribution in [0.5, 0.6) is 5.88 Å². The van der Waals surface area contributed by atoms with Crippen LogP contribution in [-0.4, -0.2) is 49.9 Å². The van der Waals surface area contributed by atoms with Gasteiger partial charge in [-0.3, -0.25) is 10.3 Å². The fourth-order valence-corrected chi connectivity index (χ4v) is 4.02. The lowest BCUT2D eigenvalue weighted by molar-refractivity contribution is 0.229. The molecule has 1 saturated heterocycles. The van der Waals surface area contributed by atoms with Crippen molar-refractivity contribution in [3.05, 3.63) is 55.6 Å². The minimum absolute atomic E-state index is 0.243. The Hall–Kier alpha value is -3.24. The van der Waals surface area contributed by atoms with Crippen molar-refractivity contribution >= 4 is 47.4 Å². The molecular formula is C20H20Cl2N8O2. The molecule has 2 fully saturated rings. The van der Waals surface area contributed by atoms with Crippen molar-refractivity contribution < 1.29 is 5.11 Å². The summed E-state index contributed by atoms with van der Waals surface area (Å²) >= 11 is 12.6. The van der Waals surface area contributed by atoms with Crippen molar-refractivity contribution in [2.75, 3.05) is 0 Å². The molecule has 5 rings (SSSR count). The summed E-state index contributed by atoms with van der Waals surface area (Å²) in [6.07, 6.45) is 5.34. The molecule has 1 aromatic heterocycles. The number of aromatic nitrogens is 2. The Morgan fingerprint density at radius 1 is 1.31 bits per heavy atom. The molecule has 166 valence electrons. The Balaban J connectivity index is 1.50. The van der Waals surface area contributed by atoms with Gasteiger partial charge in [-0.05, 0) is 38.0 Å². The number of nitrogens with zero attached hydrogens (tertiary/aromatic N) is 4. The van der Waals surface area contributed by atoms with E-state index in [2.05, 4.69) is 30.7 Å². The maximum atomic E-state index is 11.5. The Labute approximate surface area is 192 Å². The normalized spacial score (nSPS) is 26.0. The van der Waals surface area contributed by atoms with Crippen molar-refractivity contribution in [1.82, 2.24) is 25.6 Å². The SMILES string of the molecule is CC12NC(=NCc3c(Cl)cccc3Cl)NC(=NC3CC3)N1N=C/C2=C\c1[nH]c(=O)[nH]c1O. The van der Waals surface area contributed by atoms with Crippen LogP contribution in [0.4, 0.5) is 0 Å². The highest BCUT2D eigenvalue weighted by Gasteiger charge is 2.46. The minimum Gasteiger partial charge on any atom is -0.493 e. The Morgan fingerprint density at radius 3 is 2.72 bits per heavy atom. The Kier molecular flexibility index (Phi) is 4.98.